The second-order valence-corrected chi connectivity index (χ2v) is 19.4. The van der Waals surface area contributed by atoms with E-state index in [4.69, 9.17) is 0 Å². The molecule has 0 saturated carbocycles. The van der Waals surface area contributed by atoms with Crippen LogP contribution >= 0.6 is 22.7 Å². The summed E-state index contributed by atoms with van der Waals surface area (Å²) < 4.78 is 5.30. The van der Waals surface area contributed by atoms with Crippen LogP contribution in [0, 0.1) is 0 Å². The fraction of sp³-hybridized carbons (Fsp3) is 0. The Morgan fingerprint density at radius 3 is 1.34 bits per heavy atom. The fourth-order valence-corrected chi connectivity index (χ4v) is 12.2. The highest BCUT2D eigenvalue weighted by Crippen LogP contribution is 2.43. The molecule has 0 saturated heterocycles. The first-order chi connectivity index (χ1) is 33.2. The Balaban J connectivity index is 0.827. The predicted molar refractivity (Wildman–Crippen MR) is 292 cm³/mol. The van der Waals surface area contributed by atoms with Crippen molar-refractivity contribution in [3.63, 3.8) is 0 Å². The lowest BCUT2D eigenvalue weighted by Crippen LogP contribution is -2.09. The Morgan fingerprint density at radius 2 is 0.672 bits per heavy atom. The van der Waals surface area contributed by atoms with Gasteiger partial charge < -0.3 is 4.90 Å². The SMILES string of the molecule is c1cc(-c2ccc(-c3ccc(N(c4ccc(-c5ccc6sc7ccccc7c6c5)cc4)c4ccc(-c5cccc6c5sc5ccccc56)cc4)cc3)cc2)cc(-c2ccc3ccccc3c2)c1. The quantitative estimate of drug-likeness (QED) is 0.147. The minimum Gasteiger partial charge on any atom is -0.311 e. The van der Waals surface area contributed by atoms with Gasteiger partial charge in [-0.25, -0.2) is 0 Å². The van der Waals surface area contributed by atoms with Gasteiger partial charge in [-0.2, -0.15) is 0 Å². The maximum atomic E-state index is 2.37. The third-order valence-electron chi connectivity index (χ3n) is 13.3. The van der Waals surface area contributed by atoms with Gasteiger partial charge in [0.2, 0.25) is 0 Å². The van der Waals surface area contributed by atoms with E-state index in [1.165, 1.54) is 107 Å². The molecular weight excluding hydrogens is 847 g/mol. The highest BCUT2D eigenvalue weighted by atomic mass is 32.1. The molecule has 13 aromatic rings. The van der Waals surface area contributed by atoms with Gasteiger partial charge in [0.15, 0.2) is 0 Å². The molecule has 0 spiro atoms. The Bertz CT molecular complexity index is 3950. The third kappa shape index (κ3) is 7.17. The van der Waals surface area contributed by atoms with Gasteiger partial charge in [0.1, 0.15) is 0 Å². The molecule has 314 valence electrons. The first-order valence-corrected chi connectivity index (χ1v) is 24.4. The number of rotatable bonds is 8. The zero-order chi connectivity index (χ0) is 44.3. The molecule has 3 heteroatoms. The predicted octanol–water partition coefficient (Wildman–Crippen LogP) is 19.4. The zero-order valence-electron chi connectivity index (χ0n) is 36.4. The average Bonchev–Trinajstić information content (AvgIpc) is 3.98. The van der Waals surface area contributed by atoms with Crippen LogP contribution in [-0.4, -0.2) is 0 Å². The van der Waals surface area contributed by atoms with E-state index >= 15 is 0 Å². The van der Waals surface area contributed by atoms with Crippen molar-refractivity contribution < 1.29 is 0 Å². The van der Waals surface area contributed by atoms with Gasteiger partial charge in [-0.3, -0.25) is 0 Å². The second-order valence-electron chi connectivity index (χ2n) is 17.3. The molecule has 0 aliphatic carbocycles. The topological polar surface area (TPSA) is 3.24 Å². The second kappa shape index (κ2) is 16.4. The summed E-state index contributed by atoms with van der Waals surface area (Å²) >= 11 is 3.74. The summed E-state index contributed by atoms with van der Waals surface area (Å²) in [6.07, 6.45) is 0. The number of anilines is 3. The van der Waals surface area contributed by atoms with Crippen molar-refractivity contribution in [2.24, 2.45) is 0 Å². The Labute approximate surface area is 397 Å². The summed E-state index contributed by atoms with van der Waals surface area (Å²) in [5.74, 6) is 0. The van der Waals surface area contributed by atoms with Crippen LogP contribution in [0.5, 0.6) is 0 Å². The number of nitrogens with zero attached hydrogens (tertiary/aromatic N) is 1. The van der Waals surface area contributed by atoms with Crippen LogP contribution in [0.1, 0.15) is 0 Å². The van der Waals surface area contributed by atoms with Crippen molar-refractivity contribution in [1.29, 1.82) is 0 Å². The zero-order valence-corrected chi connectivity index (χ0v) is 38.1. The fourth-order valence-electron chi connectivity index (χ4n) is 9.83. The molecule has 0 N–H and O–H groups in total. The number of hydrogen-bond donors (Lipinski definition) is 0. The van der Waals surface area contributed by atoms with Gasteiger partial charge in [-0.15, -0.1) is 22.7 Å². The Hall–Kier alpha value is -8.08. The third-order valence-corrected chi connectivity index (χ3v) is 15.7. The summed E-state index contributed by atoms with van der Waals surface area (Å²) in [4.78, 5) is 2.37. The van der Waals surface area contributed by atoms with E-state index in [2.05, 4.69) is 254 Å². The summed E-state index contributed by atoms with van der Waals surface area (Å²) in [6, 6.07) is 91.4. The lowest BCUT2D eigenvalue weighted by Gasteiger charge is -2.26. The highest BCUT2D eigenvalue weighted by Gasteiger charge is 2.16. The molecule has 0 bridgehead atoms. The summed E-state index contributed by atoms with van der Waals surface area (Å²) in [6.45, 7) is 0. The van der Waals surface area contributed by atoms with Crippen LogP contribution < -0.4 is 4.90 Å². The van der Waals surface area contributed by atoms with E-state index in [-0.39, 0.29) is 0 Å². The van der Waals surface area contributed by atoms with Gasteiger partial charge in [0.25, 0.3) is 0 Å². The molecular formula is C64H41NS2. The molecule has 1 nitrogen and oxygen atoms in total. The van der Waals surface area contributed by atoms with Gasteiger partial charge in [-0.05, 0) is 139 Å². The van der Waals surface area contributed by atoms with E-state index < -0.39 is 0 Å². The van der Waals surface area contributed by atoms with Crippen LogP contribution in [0.3, 0.4) is 0 Å². The lowest BCUT2D eigenvalue weighted by atomic mass is 9.96. The maximum Gasteiger partial charge on any atom is 0.0462 e. The number of thiophene rings is 2. The van der Waals surface area contributed by atoms with Gasteiger partial charge in [-0.1, -0.05) is 176 Å². The number of fused-ring (bicyclic) bond motifs is 7. The van der Waals surface area contributed by atoms with E-state index in [0.717, 1.165) is 17.1 Å². The molecule has 0 atom stereocenters. The van der Waals surface area contributed by atoms with Crippen molar-refractivity contribution in [3.8, 4) is 55.6 Å². The van der Waals surface area contributed by atoms with Gasteiger partial charge >= 0.3 is 0 Å². The van der Waals surface area contributed by atoms with E-state index in [9.17, 15) is 0 Å². The van der Waals surface area contributed by atoms with E-state index in [1.54, 1.807) is 0 Å². The van der Waals surface area contributed by atoms with Gasteiger partial charge in [0, 0.05) is 57.4 Å². The largest absolute Gasteiger partial charge is 0.311 e. The molecule has 0 aliphatic rings. The molecule has 2 heterocycles. The summed E-state index contributed by atoms with van der Waals surface area (Å²) in [5, 5.41) is 7.79. The minimum absolute atomic E-state index is 1.10. The van der Waals surface area contributed by atoms with Crippen molar-refractivity contribution in [2.45, 2.75) is 0 Å². The molecule has 0 amide bonds. The first kappa shape index (κ1) is 39.3. The molecule has 13 rings (SSSR count). The molecule has 67 heavy (non-hydrogen) atoms. The smallest absolute Gasteiger partial charge is 0.0462 e. The maximum absolute atomic E-state index is 2.37. The summed E-state index contributed by atoms with van der Waals surface area (Å²) in [5.41, 5.74) is 15.4. The first-order valence-electron chi connectivity index (χ1n) is 22.8. The van der Waals surface area contributed by atoms with Crippen molar-refractivity contribution in [3.05, 3.63) is 249 Å². The minimum atomic E-state index is 1.10. The molecule has 0 radical (unpaired) electrons. The number of hydrogen-bond acceptors (Lipinski definition) is 3. The van der Waals surface area contributed by atoms with Crippen LogP contribution in [0.25, 0.3) is 107 Å². The highest BCUT2D eigenvalue weighted by molar-refractivity contribution is 7.26. The molecule has 11 aromatic carbocycles. The van der Waals surface area contributed by atoms with E-state index in [0.29, 0.717) is 0 Å². The average molecular weight is 888 g/mol. The molecule has 0 unspecified atom stereocenters. The molecule has 0 fully saturated rings. The molecule has 2 aromatic heterocycles. The van der Waals surface area contributed by atoms with Crippen molar-refractivity contribution in [2.75, 3.05) is 4.90 Å². The van der Waals surface area contributed by atoms with Crippen molar-refractivity contribution in [1.82, 2.24) is 0 Å². The standard InChI is InChI=1S/C64H41NS2/c1-2-10-48-40-51(24-23-42(48)9-1)50-12-7-11-49(39-50)45-21-19-43(20-22-45)44-25-32-53(33-26-44)65(54-34-27-46(28-35-54)52-31-38-63-60(41-52)58-14-4-5-17-61(58)66-63)55-36-29-47(30-37-55)56-15-8-16-59-57-13-3-6-18-62(57)67-64(56)59/h1-41H. The monoisotopic (exact) mass is 887 g/mol. The normalized spacial score (nSPS) is 11.6. The Morgan fingerprint density at radius 1 is 0.239 bits per heavy atom. The molecule has 0 aliphatic heterocycles. The van der Waals surface area contributed by atoms with Crippen molar-refractivity contribution >= 4 is 90.9 Å². The van der Waals surface area contributed by atoms with Gasteiger partial charge in [0.05, 0.1) is 0 Å². The van der Waals surface area contributed by atoms with Crippen LogP contribution in [0.4, 0.5) is 17.1 Å². The van der Waals surface area contributed by atoms with E-state index in [1.807, 2.05) is 22.7 Å². The van der Waals surface area contributed by atoms with Crippen LogP contribution in [0.15, 0.2) is 249 Å². The number of benzene rings is 11. The Kier molecular flexibility index (Phi) is 9.63. The lowest BCUT2D eigenvalue weighted by molar-refractivity contribution is 1.28. The van der Waals surface area contributed by atoms with Crippen LogP contribution in [0.2, 0.25) is 0 Å². The summed E-state index contributed by atoms with van der Waals surface area (Å²) in [7, 11) is 0. The van der Waals surface area contributed by atoms with Crippen LogP contribution in [-0.2, 0) is 0 Å².